The summed E-state index contributed by atoms with van der Waals surface area (Å²) < 4.78 is 6.35. The molecule has 0 aromatic carbocycles. The first-order valence-corrected chi connectivity index (χ1v) is 5.69. The molecule has 0 amide bonds. The van der Waals surface area contributed by atoms with E-state index in [-0.39, 0.29) is 12.8 Å². The van der Waals surface area contributed by atoms with Gasteiger partial charge in [-0.2, -0.15) is 0 Å². The first-order chi connectivity index (χ1) is 5.56. The Morgan fingerprint density at radius 1 is 1.33 bits per heavy atom. The van der Waals surface area contributed by atoms with Crippen LogP contribution < -0.4 is 0 Å². The van der Waals surface area contributed by atoms with Crippen molar-refractivity contribution < 1.29 is 14.3 Å². The number of hydrogen-bond donors (Lipinski definition) is 0. The molecule has 3 nitrogen and oxygen atoms in total. The maximum Gasteiger partial charge on any atom is 0.314 e. The Labute approximate surface area is 106 Å². The number of hydrogen-bond acceptors (Lipinski definition) is 3. The van der Waals surface area contributed by atoms with Gasteiger partial charge in [-0.3, -0.25) is 9.59 Å². The molecule has 12 heavy (non-hydrogen) atoms. The Bertz CT molecular complexity index is 190. The topological polar surface area (TPSA) is 43.4 Å². The van der Waals surface area contributed by atoms with E-state index in [2.05, 4.69) is 18.8 Å². The van der Waals surface area contributed by atoms with Gasteiger partial charge >= 0.3 is 80.5 Å². The van der Waals surface area contributed by atoms with Crippen LogP contribution >= 0.6 is 0 Å². The van der Waals surface area contributed by atoms with Gasteiger partial charge < -0.3 is 4.74 Å². The van der Waals surface area contributed by atoms with Crippen molar-refractivity contribution in [1.82, 2.24) is 0 Å². The third-order valence-electron chi connectivity index (χ3n) is 1.34. The summed E-state index contributed by atoms with van der Waals surface area (Å²) in [5.41, 5.74) is 1.46. The van der Waals surface area contributed by atoms with E-state index >= 15 is 0 Å². The summed E-state index contributed by atoms with van der Waals surface area (Å²) >= 11 is 0.922. The van der Waals surface area contributed by atoms with Gasteiger partial charge in [-0.15, -0.1) is 0 Å². The fraction of sp³-hybridized carbons (Fsp3) is 0.500. The molecule has 1 aliphatic rings. The zero-order valence-electron chi connectivity index (χ0n) is 7.72. The first kappa shape index (κ1) is 12.5. The van der Waals surface area contributed by atoms with Crippen LogP contribution in [0.1, 0.15) is 26.7 Å². The summed E-state index contributed by atoms with van der Waals surface area (Å²) in [6, 6.07) is 0. The summed E-state index contributed by atoms with van der Waals surface area (Å²) in [5.74, 6) is -0.796. The Kier molecular flexibility index (Phi) is 7.27. The van der Waals surface area contributed by atoms with E-state index < -0.39 is 11.9 Å². The second-order valence-corrected chi connectivity index (χ2v) is 3.61. The van der Waals surface area contributed by atoms with Crippen molar-refractivity contribution in [1.29, 1.82) is 0 Å². The van der Waals surface area contributed by atoms with Crippen LogP contribution in [0, 0.1) is 0 Å². The van der Waals surface area contributed by atoms with Crippen LogP contribution in [0.2, 0.25) is 0 Å². The van der Waals surface area contributed by atoms with Crippen LogP contribution in [0.4, 0.5) is 0 Å². The van der Waals surface area contributed by atoms with Gasteiger partial charge in [0.1, 0.15) is 0 Å². The van der Waals surface area contributed by atoms with Crippen molar-refractivity contribution in [2.75, 3.05) is 0 Å². The summed E-state index contributed by atoms with van der Waals surface area (Å²) in [6.07, 6.45) is 0.525. The molecule has 0 radical (unpaired) electrons. The van der Waals surface area contributed by atoms with Gasteiger partial charge in [0.05, 0.1) is 12.8 Å². The predicted molar refractivity (Wildman–Crippen MR) is 45.5 cm³/mol. The van der Waals surface area contributed by atoms with Gasteiger partial charge in [0.25, 0.3) is 0 Å². The molecule has 1 rings (SSSR count). The number of rotatable bonds is 0. The van der Waals surface area contributed by atoms with Crippen LogP contribution in [0.25, 0.3) is 0 Å². The molecule has 0 aromatic rings. The monoisotopic (exact) mass is 194 g/mol. The second-order valence-electron chi connectivity index (χ2n) is 2.71. The molecule has 0 spiro atoms. The molecule has 0 aromatic heterocycles. The van der Waals surface area contributed by atoms with E-state index in [1.54, 1.807) is 0 Å². The average Bonchev–Trinajstić information content (AvgIpc) is 2.36. The second kappa shape index (κ2) is 6.97. The van der Waals surface area contributed by atoms with Crippen LogP contribution in [-0.4, -0.2) is 60.9 Å². The molecule has 0 unspecified atom stereocenters. The fourth-order valence-electron chi connectivity index (χ4n) is 0.433. The number of cyclic esters (lactones) is 2. The predicted octanol–water partition coefficient (Wildman–Crippen LogP) is 0.929. The number of allylic oxidation sites excluding steroid dienone is 1. The standard InChI is InChI=1S/C4H4O3.C4H7.K/c5-3-1-2-4(6)7-3;1-4(2)3;/h1-2H2;1H,2-3H3;. The summed E-state index contributed by atoms with van der Waals surface area (Å²) in [4.78, 5) is 20.0. The summed E-state index contributed by atoms with van der Waals surface area (Å²) in [5, 5.41) is 0. The van der Waals surface area contributed by atoms with Crippen molar-refractivity contribution in [2.45, 2.75) is 26.7 Å². The molecular weight excluding hydrogens is 183 g/mol. The SMILES string of the molecule is CC(C)=[CH][K].O=C1CCC(=O)O1. The number of ether oxygens (including phenoxy) is 1. The summed E-state index contributed by atoms with van der Waals surface area (Å²) in [7, 11) is 0. The van der Waals surface area contributed by atoms with Crippen LogP contribution in [0.5, 0.6) is 0 Å². The third kappa shape index (κ3) is 7.18. The van der Waals surface area contributed by atoms with Crippen molar-refractivity contribution >= 4 is 60.9 Å². The molecule has 1 heterocycles. The molecule has 0 atom stereocenters. The van der Waals surface area contributed by atoms with E-state index in [1.807, 2.05) is 0 Å². The molecule has 0 bridgehead atoms. The van der Waals surface area contributed by atoms with Gasteiger partial charge in [0.2, 0.25) is 0 Å². The summed E-state index contributed by atoms with van der Waals surface area (Å²) in [6.45, 7) is 4.26. The maximum absolute atomic E-state index is 10.0. The van der Waals surface area contributed by atoms with Gasteiger partial charge in [-0.05, 0) is 0 Å². The smallest absolute Gasteiger partial charge is 0.314 e. The first-order valence-electron chi connectivity index (χ1n) is 3.89. The van der Waals surface area contributed by atoms with Gasteiger partial charge in [-0.1, -0.05) is 0 Å². The van der Waals surface area contributed by atoms with Crippen LogP contribution in [0.3, 0.4) is 0 Å². The largest absolute Gasteiger partial charge is 0.393 e. The molecule has 4 heteroatoms. The average molecular weight is 194 g/mol. The molecule has 1 aliphatic heterocycles. The normalized spacial score (nSPS) is 14.7. The third-order valence-corrected chi connectivity index (χ3v) is 3.14. The molecule has 0 saturated carbocycles. The van der Waals surface area contributed by atoms with Gasteiger partial charge in [0, 0.05) is 0 Å². The Hall–Kier alpha value is 0.516. The van der Waals surface area contributed by atoms with Crippen molar-refractivity contribution in [2.24, 2.45) is 0 Å². The molecule has 1 saturated heterocycles. The van der Waals surface area contributed by atoms with Crippen molar-refractivity contribution in [3.05, 3.63) is 5.74 Å². The number of carbonyl (C=O) groups is 2. The minimum atomic E-state index is -0.398. The van der Waals surface area contributed by atoms with E-state index in [0.29, 0.717) is 0 Å². The molecular formula is C8H11KO3. The van der Waals surface area contributed by atoms with Gasteiger partial charge in [0.15, 0.2) is 0 Å². The Morgan fingerprint density at radius 3 is 1.75 bits per heavy atom. The minimum Gasteiger partial charge on any atom is -0.393 e. The van der Waals surface area contributed by atoms with Crippen LogP contribution in [0.15, 0.2) is 5.74 Å². The van der Waals surface area contributed by atoms with Crippen molar-refractivity contribution in [3.63, 3.8) is 0 Å². The molecule has 1 fully saturated rings. The quantitative estimate of drug-likeness (QED) is 0.327. The molecule has 0 aliphatic carbocycles. The van der Waals surface area contributed by atoms with Crippen molar-refractivity contribution in [3.8, 4) is 0 Å². The van der Waals surface area contributed by atoms with E-state index in [0.717, 1.165) is 49.0 Å². The van der Waals surface area contributed by atoms with E-state index in [1.165, 1.54) is 5.57 Å². The van der Waals surface area contributed by atoms with Gasteiger partial charge in [-0.25, -0.2) is 0 Å². The fourth-order valence-corrected chi connectivity index (χ4v) is 0.433. The number of carbonyl (C=O) groups excluding carboxylic acids is 2. The van der Waals surface area contributed by atoms with E-state index in [4.69, 9.17) is 0 Å². The van der Waals surface area contributed by atoms with Crippen LogP contribution in [-0.2, 0) is 14.3 Å². The Morgan fingerprint density at radius 2 is 1.67 bits per heavy atom. The number of esters is 2. The maximum atomic E-state index is 10.0. The molecule has 62 valence electrons. The Balaban J connectivity index is 0.000000217. The zero-order chi connectivity index (χ0) is 9.56. The molecule has 0 N–H and O–H groups in total. The zero-order valence-corrected chi connectivity index (χ0v) is 10.8. The van der Waals surface area contributed by atoms with E-state index in [9.17, 15) is 9.59 Å². The minimum absolute atomic E-state index is 0.263.